The lowest BCUT2D eigenvalue weighted by Crippen LogP contribution is -2.39. The molecule has 0 atom stereocenters. The van der Waals surface area contributed by atoms with Crippen LogP contribution in [0.25, 0.3) is 17.2 Å². The summed E-state index contributed by atoms with van der Waals surface area (Å²) in [7, 11) is 2.84. The lowest BCUT2D eigenvalue weighted by molar-refractivity contribution is -0.124. The highest BCUT2D eigenvalue weighted by molar-refractivity contribution is 8.18. The van der Waals surface area contributed by atoms with Crippen molar-refractivity contribution in [2.24, 2.45) is 14.1 Å². The smallest absolute Gasteiger partial charge is 0.332 e. The van der Waals surface area contributed by atoms with Crippen LogP contribution in [0, 0.1) is 0 Å². The number of carbonyl (C=O) groups is 3. The first-order chi connectivity index (χ1) is 15.8. The second kappa shape index (κ2) is 8.90. The second-order valence-electron chi connectivity index (χ2n) is 7.34. The topological polar surface area (TPSA) is 128 Å². The van der Waals surface area contributed by atoms with Gasteiger partial charge in [0.15, 0.2) is 11.2 Å². The fourth-order valence-corrected chi connectivity index (χ4v) is 4.29. The Balaban J connectivity index is 1.39. The molecule has 12 heteroatoms. The van der Waals surface area contributed by atoms with E-state index in [1.165, 1.54) is 29.6 Å². The molecule has 2 aromatic heterocycles. The summed E-state index contributed by atoms with van der Waals surface area (Å²) in [6.07, 6.45) is 2.97. The van der Waals surface area contributed by atoms with Crippen molar-refractivity contribution in [3.63, 3.8) is 0 Å². The van der Waals surface area contributed by atoms with Crippen LogP contribution in [-0.4, -0.2) is 53.7 Å². The fourth-order valence-electron chi connectivity index (χ4n) is 3.43. The van der Waals surface area contributed by atoms with E-state index in [9.17, 15) is 24.0 Å². The molecule has 170 valence electrons. The van der Waals surface area contributed by atoms with E-state index in [2.05, 4.69) is 10.3 Å². The third-order valence-electron chi connectivity index (χ3n) is 5.16. The van der Waals surface area contributed by atoms with Gasteiger partial charge in [0.1, 0.15) is 6.54 Å². The summed E-state index contributed by atoms with van der Waals surface area (Å²) in [5, 5.41) is 2.24. The number of benzene rings is 1. The molecule has 1 aliphatic heterocycles. The van der Waals surface area contributed by atoms with Gasteiger partial charge in [-0.3, -0.25) is 33.2 Å². The summed E-state index contributed by atoms with van der Waals surface area (Å²) < 4.78 is 3.53. The molecule has 1 saturated heterocycles. The number of rotatable bonds is 6. The van der Waals surface area contributed by atoms with Gasteiger partial charge in [0.2, 0.25) is 5.91 Å². The molecule has 0 aliphatic carbocycles. The van der Waals surface area contributed by atoms with Gasteiger partial charge in [0, 0.05) is 27.2 Å². The first kappa shape index (κ1) is 22.3. The fraction of sp³-hybridized carbons (Fsp3) is 0.238. The van der Waals surface area contributed by atoms with Crippen molar-refractivity contribution >= 4 is 46.1 Å². The summed E-state index contributed by atoms with van der Waals surface area (Å²) >= 11 is 0.855. The summed E-state index contributed by atoms with van der Waals surface area (Å²) in [6.45, 7) is -0.137. The largest absolute Gasteiger partial charge is 0.353 e. The van der Waals surface area contributed by atoms with Crippen molar-refractivity contribution in [3.8, 4) is 0 Å². The van der Waals surface area contributed by atoms with E-state index < -0.39 is 28.3 Å². The highest BCUT2D eigenvalue weighted by atomic mass is 32.2. The van der Waals surface area contributed by atoms with Crippen LogP contribution >= 0.6 is 11.8 Å². The molecule has 33 heavy (non-hydrogen) atoms. The summed E-state index contributed by atoms with van der Waals surface area (Å²) in [6, 6.07) is 9.20. The first-order valence-electron chi connectivity index (χ1n) is 9.96. The molecule has 0 radical (unpaired) electrons. The molecule has 3 amide bonds. The number of hydrogen-bond acceptors (Lipinski definition) is 7. The lowest BCUT2D eigenvalue weighted by atomic mass is 10.2. The van der Waals surface area contributed by atoms with Crippen LogP contribution in [0.5, 0.6) is 0 Å². The van der Waals surface area contributed by atoms with Crippen LogP contribution in [-0.2, 0) is 30.2 Å². The molecule has 0 saturated carbocycles. The van der Waals surface area contributed by atoms with Gasteiger partial charge >= 0.3 is 5.69 Å². The monoisotopic (exact) mass is 468 g/mol. The molecule has 3 aromatic rings. The number of thioether (sulfide) groups is 1. The van der Waals surface area contributed by atoms with Crippen molar-refractivity contribution in [1.29, 1.82) is 0 Å². The Labute approximate surface area is 191 Å². The van der Waals surface area contributed by atoms with Crippen molar-refractivity contribution < 1.29 is 14.4 Å². The lowest BCUT2D eigenvalue weighted by Gasteiger charge is -2.13. The minimum Gasteiger partial charge on any atom is -0.353 e. The zero-order valence-corrected chi connectivity index (χ0v) is 18.7. The minimum atomic E-state index is -0.554. The Bertz CT molecular complexity index is 1420. The van der Waals surface area contributed by atoms with E-state index in [0.29, 0.717) is 4.91 Å². The standard InChI is InChI=1S/C21H20N6O5S/c1-24-17-16(19(30)25(2)20(24)31)26(12-23-17)11-15(28)22-8-9-27-18(29)14(33-21(27)32)10-13-6-4-3-5-7-13/h3-7,10,12H,8-9,11H2,1-2H3,(H,22,28). The molecule has 1 N–H and O–H groups in total. The second-order valence-corrected chi connectivity index (χ2v) is 8.34. The molecule has 1 aliphatic rings. The average molecular weight is 468 g/mol. The van der Waals surface area contributed by atoms with Crippen LogP contribution in [0.4, 0.5) is 4.79 Å². The van der Waals surface area contributed by atoms with Crippen LogP contribution in [0.1, 0.15) is 5.56 Å². The van der Waals surface area contributed by atoms with Gasteiger partial charge in [-0.25, -0.2) is 9.78 Å². The molecular formula is C21H20N6O5S. The Morgan fingerprint density at radius 3 is 2.55 bits per heavy atom. The maximum atomic E-state index is 12.6. The predicted molar refractivity (Wildman–Crippen MR) is 122 cm³/mol. The van der Waals surface area contributed by atoms with Crippen molar-refractivity contribution in [2.45, 2.75) is 6.54 Å². The van der Waals surface area contributed by atoms with E-state index in [1.54, 1.807) is 6.08 Å². The number of nitrogens with zero attached hydrogens (tertiary/aromatic N) is 5. The van der Waals surface area contributed by atoms with Crippen LogP contribution < -0.4 is 16.6 Å². The van der Waals surface area contributed by atoms with Gasteiger partial charge in [-0.2, -0.15) is 0 Å². The minimum absolute atomic E-state index is 0.0173. The molecule has 4 rings (SSSR count). The Morgan fingerprint density at radius 2 is 1.82 bits per heavy atom. The zero-order valence-electron chi connectivity index (χ0n) is 17.8. The first-order valence-corrected chi connectivity index (χ1v) is 10.8. The number of nitrogens with one attached hydrogen (secondary N) is 1. The Kier molecular flexibility index (Phi) is 6.01. The molecule has 0 unspecified atom stereocenters. The van der Waals surface area contributed by atoms with Gasteiger partial charge < -0.3 is 9.88 Å². The average Bonchev–Trinajstić information content (AvgIpc) is 3.33. The summed E-state index contributed by atoms with van der Waals surface area (Å²) in [4.78, 5) is 67.1. The van der Waals surface area contributed by atoms with E-state index >= 15 is 0 Å². The third kappa shape index (κ3) is 4.24. The predicted octanol–water partition coefficient (Wildman–Crippen LogP) is 0.286. The Morgan fingerprint density at radius 1 is 1.09 bits per heavy atom. The van der Waals surface area contributed by atoms with Gasteiger partial charge in [0.05, 0.1) is 11.2 Å². The van der Waals surface area contributed by atoms with E-state index in [0.717, 1.165) is 26.8 Å². The van der Waals surface area contributed by atoms with Gasteiger partial charge in [-0.05, 0) is 23.4 Å². The maximum absolute atomic E-state index is 12.6. The van der Waals surface area contributed by atoms with E-state index in [-0.39, 0.29) is 30.8 Å². The third-order valence-corrected chi connectivity index (χ3v) is 6.07. The number of amides is 3. The number of aryl methyl sites for hydroxylation is 1. The van der Waals surface area contributed by atoms with Gasteiger partial charge in [-0.15, -0.1) is 0 Å². The molecule has 1 fully saturated rings. The molecule has 0 spiro atoms. The number of carbonyl (C=O) groups excluding carboxylic acids is 3. The number of aromatic nitrogens is 4. The van der Waals surface area contributed by atoms with Gasteiger partial charge in [-0.1, -0.05) is 30.3 Å². The SMILES string of the molecule is Cn1c(=O)c2c(ncn2CC(=O)NCCN2C(=O)SC(=Cc3ccccc3)C2=O)n(C)c1=O. The maximum Gasteiger partial charge on any atom is 0.332 e. The molecule has 11 nitrogen and oxygen atoms in total. The van der Waals surface area contributed by atoms with Crippen molar-refractivity contribution in [3.05, 3.63) is 68.0 Å². The highest BCUT2D eigenvalue weighted by Gasteiger charge is 2.34. The Hall–Kier alpha value is -3.93. The van der Waals surface area contributed by atoms with Crippen LogP contribution in [0.3, 0.4) is 0 Å². The molecule has 1 aromatic carbocycles. The molecular weight excluding hydrogens is 448 g/mol. The quantitative estimate of drug-likeness (QED) is 0.515. The highest BCUT2D eigenvalue weighted by Crippen LogP contribution is 2.31. The number of fused-ring (bicyclic) bond motifs is 1. The van der Waals surface area contributed by atoms with Crippen molar-refractivity contribution in [1.82, 2.24) is 28.9 Å². The van der Waals surface area contributed by atoms with E-state index in [1.807, 2.05) is 30.3 Å². The summed E-state index contributed by atoms with van der Waals surface area (Å²) in [5.41, 5.74) is 0.0558. The van der Waals surface area contributed by atoms with Crippen LogP contribution in [0.15, 0.2) is 51.2 Å². The van der Waals surface area contributed by atoms with Crippen LogP contribution in [0.2, 0.25) is 0 Å². The zero-order chi connectivity index (χ0) is 23.7. The van der Waals surface area contributed by atoms with Crippen molar-refractivity contribution in [2.75, 3.05) is 13.1 Å². The summed E-state index contributed by atoms with van der Waals surface area (Å²) in [5.74, 6) is -0.842. The number of imidazole rings is 1. The molecule has 3 heterocycles. The van der Waals surface area contributed by atoms with E-state index in [4.69, 9.17) is 0 Å². The normalized spacial score (nSPS) is 15.1. The van der Waals surface area contributed by atoms with Gasteiger partial charge in [0.25, 0.3) is 16.7 Å². The number of imide groups is 1. The number of hydrogen-bond donors (Lipinski definition) is 1. The molecule has 0 bridgehead atoms.